The summed E-state index contributed by atoms with van der Waals surface area (Å²) in [6, 6.07) is 8.65. The van der Waals surface area contributed by atoms with Gasteiger partial charge in [0.05, 0.1) is 0 Å². The summed E-state index contributed by atoms with van der Waals surface area (Å²) >= 11 is 5.54. The van der Waals surface area contributed by atoms with Gasteiger partial charge >= 0.3 is 0 Å². The van der Waals surface area contributed by atoms with Gasteiger partial charge in [-0.3, -0.25) is 4.79 Å². The molecule has 1 aromatic heterocycles. The zero-order chi connectivity index (χ0) is 16.8. The van der Waals surface area contributed by atoms with Crippen molar-refractivity contribution in [3.05, 3.63) is 35.5 Å². The normalized spacial score (nSPS) is 22.3. The molecule has 4 heteroatoms. The Bertz CT molecular complexity index is 747. The first-order valence-corrected chi connectivity index (χ1v) is 8.79. The number of para-hydroxylation sites is 1. The maximum absolute atomic E-state index is 11.3. The monoisotopic (exact) mass is 332 g/mol. The maximum atomic E-state index is 11.3. The predicted molar refractivity (Wildman–Crippen MR) is 96.0 cm³/mol. The lowest BCUT2D eigenvalue weighted by Gasteiger charge is -2.04. The topological polar surface area (TPSA) is 34.0 Å². The summed E-state index contributed by atoms with van der Waals surface area (Å²) in [6.07, 6.45) is 1.00. The number of nitrogens with one attached hydrogen (secondary N) is 1. The number of carbonyl (C=O) groups excluding carboxylic acids is 1. The molecule has 0 unspecified atom stereocenters. The summed E-state index contributed by atoms with van der Waals surface area (Å²) in [5, 5.41) is 4.27. The number of aromatic nitrogens is 1. The average Bonchev–Trinajstić information content (AvgIpc) is 2.97. The van der Waals surface area contributed by atoms with Crippen LogP contribution in [0.3, 0.4) is 0 Å². The smallest absolute Gasteiger partial charge is 0.234 e. The van der Waals surface area contributed by atoms with Gasteiger partial charge in [0.1, 0.15) is 5.88 Å². The first-order chi connectivity index (χ1) is 10.9. The van der Waals surface area contributed by atoms with E-state index in [1.165, 1.54) is 22.2 Å². The van der Waals surface area contributed by atoms with Gasteiger partial charge in [0.25, 0.3) is 0 Å². The molecule has 2 aromatic rings. The second-order valence-corrected chi connectivity index (χ2v) is 7.52. The fourth-order valence-electron chi connectivity index (χ4n) is 4.21. The molecule has 0 aliphatic heterocycles. The number of fused-ring (bicyclic) bond motifs is 1. The molecule has 1 heterocycles. The molecule has 1 aliphatic carbocycles. The van der Waals surface area contributed by atoms with Crippen LogP contribution in [0, 0.1) is 18.3 Å². The first-order valence-electron chi connectivity index (χ1n) is 8.26. The Morgan fingerprint density at radius 2 is 2.04 bits per heavy atom. The largest absolute Gasteiger partial charge is 0.355 e. The molecule has 23 heavy (non-hydrogen) atoms. The van der Waals surface area contributed by atoms with Gasteiger partial charge in [-0.05, 0) is 42.2 Å². The maximum Gasteiger partial charge on any atom is 0.234 e. The minimum atomic E-state index is -0.0805. The molecule has 3 nitrogen and oxygen atoms in total. The van der Waals surface area contributed by atoms with Crippen molar-refractivity contribution in [3.63, 3.8) is 0 Å². The summed E-state index contributed by atoms with van der Waals surface area (Å²) in [5.74, 6) is 1.12. The van der Waals surface area contributed by atoms with E-state index >= 15 is 0 Å². The highest BCUT2D eigenvalue weighted by atomic mass is 35.5. The molecule has 0 saturated heterocycles. The van der Waals surface area contributed by atoms with E-state index in [1.54, 1.807) is 0 Å². The molecule has 0 bridgehead atoms. The molecular weight excluding hydrogens is 308 g/mol. The molecule has 1 aliphatic rings. The Labute approximate surface area is 143 Å². The average molecular weight is 333 g/mol. The summed E-state index contributed by atoms with van der Waals surface area (Å²) in [7, 11) is 2.15. The summed E-state index contributed by atoms with van der Waals surface area (Å²) in [4.78, 5) is 11.3. The summed E-state index contributed by atoms with van der Waals surface area (Å²) in [5.41, 5.74) is 4.43. The van der Waals surface area contributed by atoms with Gasteiger partial charge in [-0.2, -0.15) is 0 Å². The van der Waals surface area contributed by atoms with Crippen LogP contribution in [-0.4, -0.2) is 22.9 Å². The quantitative estimate of drug-likeness (QED) is 0.826. The fourth-order valence-corrected chi connectivity index (χ4v) is 4.31. The van der Waals surface area contributed by atoms with E-state index in [4.69, 9.17) is 11.6 Å². The highest BCUT2D eigenvalue weighted by Gasteiger charge is 2.58. The van der Waals surface area contributed by atoms with E-state index in [-0.39, 0.29) is 17.2 Å². The Morgan fingerprint density at radius 1 is 1.35 bits per heavy atom. The lowest BCUT2D eigenvalue weighted by molar-refractivity contribution is -0.118. The van der Waals surface area contributed by atoms with Crippen LogP contribution in [0.2, 0.25) is 0 Å². The number of carbonyl (C=O) groups is 1. The van der Waals surface area contributed by atoms with E-state index in [9.17, 15) is 4.79 Å². The summed E-state index contributed by atoms with van der Waals surface area (Å²) in [6.45, 7) is 7.61. The number of rotatable bonds is 5. The fraction of sp³-hybridized carbons (Fsp3) is 0.526. The number of amides is 1. The van der Waals surface area contributed by atoms with Crippen LogP contribution in [0.4, 0.5) is 0 Å². The second-order valence-electron chi connectivity index (χ2n) is 7.25. The van der Waals surface area contributed by atoms with E-state index in [2.05, 4.69) is 62.0 Å². The number of nitrogens with zero attached hydrogens (tertiary/aromatic N) is 1. The van der Waals surface area contributed by atoms with Crippen molar-refractivity contribution in [2.24, 2.45) is 18.4 Å². The molecule has 1 N–H and O–H groups in total. The van der Waals surface area contributed by atoms with Crippen LogP contribution in [0.15, 0.2) is 24.3 Å². The molecule has 1 amide bonds. The van der Waals surface area contributed by atoms with E-state index in [0.717, 1.165) is 6.42 Å². The lowest BCUT2D eigenvalue weighted by Crippen LogP contribution is -2.25. The van der Waals surface area contributed by atoms with Crippen molar-refractivity contribution in [1.82, 2.24) is 9.88 Å². The third-order valence-corrected chi connectivity index (χ3v) is 5.95. The molecule has 2 atom stereocenters. The van der Waals surface area contributed by atoms with Crippen molar-refractivity contribution >= 4 is 28.4 Å². The van der Waals surface area contributed by atoms with Crippen molar-refractivity contribution in [3.8, 4) is 0 Å². The number of alkyl halides is 1. The van der Waals surface area contributed by atoms with Crippen molar-refractivity contribution in [2.45, 2.75) is 33.1 Å². The molecule has 1 saturated carbocycles. The minimum absolute atomic E-state index is 0.0416. The number of benzene rings is 1. The summed E-state index contributed by atoms with van der Waals surface area (Å²) < 4.78 is 2.30. The zero-order valence-electron chi connectivity index (χ0n) is 14.3. The number of halogens is 1. The third-order valence-electron chi connectivity index (χ3n) is 5.71. The number of aryl methyl sites for hydroxylation is 1. The first kappa shape index (κ1) is 16.4. The molecule has 0 radical (unpaired) electrons. The van der Waals surface area contributed by atoms with Crippen molar-refractivity contribution < 1.29 is 4.79 Å². The van der Waals surface area contributed by atoms with E-state index in [1.807, 2.05) is 0 Å². The minimum Gasteiger partial charge on any atom is -0.355 e. The van der Waals surface area contributed by atoms with Crippen LogP contribution >= 0.6 is 11.6 Å². The molecule has 3 rings (SSSR count). The SMILES string of the molecule is Cc1c([C@H]2[C@@H](CCNC(=O)CCl)C2(C)C)c2ccccc2n1C. The standard InChI is InChI=1S/C19H25ClN2O/c1-12-17(13-7-5-6-8-15(13)22(12)4)18-14(19(18,2)3)9-10-21-16(23)11-20/h5-8,14,18H,9-11H2,1-4H3,(H,21,23)/t14-,18-/m1/s1. The van der Waals surface area contributed by atoms with E-state index in [0.29, 0.717) is 18.4 Å². The van der Waals surface area contributed by atoms with Gasteiger partial charge in [0, 0.05) is 30.2 Å². The van der Waals surface area contributed by atoms with Gasteiger partial charge < -0.3 is 9.88 Å². The molecule has 1 aromatic carbocycles. The van der Waals surface area contributed by atoms with Gasteiger partial charge in [-0.1, -0.05) is 32.0 Å². The molecule has 124 valence electrons. The second kappa shape index (κ2) is 5.86. The Balaban J connectivity index is 1.85. The predicted octanol–water partition coefficient (Wildman–Crippen LogP) is 3.97. The molecule has 1 fully saturated rings. The van der Waals surface area contributed by atoms with Crippen molar-refractivity contribution in [2.75, 3.05) is 12.4 Å². The molecule has 0 spiro atoms. The molecular formula is C19H25ClN2O. The Kier molecular flexibility index (Phi) is 4.18. The van der Waals surface area contributed by atoms with Crippen LogP contribution in [0.1, 0.15) is 37.4 Å². The number of hydrogen-bond acceptors (Lipinski definition) is 1. The Morgan fingerprint density at radius 3 is 2.74 bits per heavy atom. The van der Waals surface area contributed by atoms with E-state index < -0.39 is 0 Å². The van der Waals surface area contributed by atoms with Crippen LogP contribution < -0.4 is 5.32 Å². The number of hydrogen-bond donors (Lipinski definition) is 1. The lowest BCUT2D eigenvalue weighted by atomic mass is 10.0. The highest BCUT2D eigenvalue weighted by Crippen LogP contribution is 2.67. The Hall–Kier alpha value is -1.48. The van der Waals surface area contributed by atoms with Crippen LogP contribution in [-0.2, 0) is 11.8 Å². The van der Waals surface area contributed by atoms with Gasteiger partial charge in [-0.25, -0.2) is 0 Å². The highest BCUT2D eigenvalue weighted by molar-refractivity contribution is 6.27. The zero-order valence-corrected chi connectivity index (χ0v) is 15.1. The third kappa shape index (κ3) is 2.65. The van der Waals surface area contributed by atoms with Gasteiger partial charge in [0.2, 0.25) is 5.91 Å². The van der Waals surface area contributed by atoms with Crippen molar-refractivity contribution in [1.29, 1.82) is 0 Å². The van der Waals surface area contributed by atoms with Crippen LogP contribution in [0.25, 0.3) is 10.9 Å². The van der Waals surface area contributed by atoms with Gasteiger partial charge in [-0.15, -0.1) is 11.6 Å². The van der Waals surface area contributed by atoms with Gasteiger partial charge in [0.15, 0.2) is 0 Å². The van der Waals surface area contributed by atoms with Crippen LogP contribution in [0.5, 0.6) is 0 Å².